The van der Waals surface area contributed by atoms with Crippen LogP contribution in [0.15, 0.2) is 42.5 Å². The lowest BCUT2D eigenvalue weighted by molar-refractivity contribution is -0.384. The van der Waals surface area contributed by atoms with E-state index in [0.29, 0.717) is 11.3 Å². The van der Waals surface area contributed by atoms with Gasteiger partial charge in [-0.3, -0.25) is 24.6 Å². The number of carbonyl (C=O) groups is 3. The molecule has 1 aliphatic heterocycles. The van der Waals surface area contributed by atoms with Gasteiger partial charge in [-0.05, 0) is 30.3 Å². The summed E-state index contributed by atoms with van der Waals surface area (Å²) in [6, 6.07) is 9.86. The molecule has 132 valence electrons. The number of benzene rings is 2. The molecule has 0 bridgehead atoms. The molecule has 2 aromatic carbocycles. The molecule has 3 rings (SSSR count). The van der Waals surface area contributed by atoms with Gasteiger partial charge >= 0.3 is 5.97 Å². The Kier molecular flexibility index (Phi) is 4.36. The number of ether oxygens (including phenoxy) is 1. The van der Waals surface area contributed by atoms with Crippen LogP contribution >= 0.6 is 0 Å². The number of hydrogen-bond donors (Lipinski definition) is 1. The van der Waals surface area contributed by atoms with Crippen molar-refractivity contribution in [3.8, 4) is 0 Å². The zero-order valence-corrected chi connectivity index (χ0v) is 13.6. The quantitative estimate of drug-likeness (QED) is 0.377. The van der Waals surface area contributed by atoms with E-state index in [1.807, 2.05) is 0 Å². The fraction of sp³-hybridized carbons (Fsp3) is 0.118. The smallest absolute Gasteiger partial charge is 0.337 e. The Balaban J connectivity index is 1.73. The van der Waals surface area contributed by atoms with Gasteiger partial charge in [0.25, 0.3) is 17.5 Å². The number of rotatable bonds is 5. The van der Waals surface area contributed by atoms with Crippen LogP contribution in [0, 0.1) is 10.1 Å². The summed E-state index contributed by atoms with van der Waals surface area (Å²) in [7, 11) is 1.28. The topological polar surface area (TPSA) is 119 Å². The van der Waals surface area contributed by atoms with Crippen LogP contribution in [0.3, 0.4) is 0 Å². The highest BCUT2D eigenvalue weighted by atomic mass is 16.6. The van der Waals surface area contributed by atoms with Crippen LogP contribution in [-0.4, -0.2) is 41.4 Å². The predicted octanol–water partition coefficient (Wildman–Crippen LogP) is 2.05. The fourth-order valence-corrected chi connectivity index (χ4v) is 2.55. The second kappa shape index (κ2) is 6.63. The van der Waals surface area contributed by atoms with Crippen molar-refractivity contribution in [1.29, 1.82) is 0 Å². The Hall–Kier alpha value is -3.75. The number of imide groups is 1. The van der Waals surface area contributed by atoms with E-state index in [0.717, 1.165) is 11.0 Å². The number of methoxy groups -OCH3 is 1. The van der Waals surface area contributed by atoms with Crippen LogP contribution in [0.2, 0.25) is 0 Å². The van der Waals surface area contributed by atoms with Crippen molar-refractivity contribution in [3.63, 3.8) is 0 Å². The molecule has 0 spiro atoms. The number of carbonyl (C=O) groups excluding carboxylic acids is 3. The van der Waals surface area contributed by atoms with Gasteiger partial charge in [0.15, 0.2) is 0 Å². The number of nitrogens with zero attached hydrogens (tertiary/aromatic N) is 2. The highest BCUT2D eigenvalue weighted by Gasteiger charge is 2.36. The first kappa shape index (κ1) is 17.1. The Labute approximate surface area is 147 Å². The van der Waals surface area contributed by atoms with Gasteiger partial charge in [0.05, 0.1) is 35.4 Å². The van der Waals surface area contributed by atoms with Gasteiger partial charge in [-0.25, -0.2) is 4.79 Å². The molecule has 2 amide bonds. The van der Waals surface area contributed by atoms with Crippen LogP contribution < -0.4 is 5.32 Å². The summed E-state index contributed by atoms with van der Waals surface area (Å²) >= 11 is 0. The van der Waals surface area contributed by atoms with E-state index in [1.165, 1.54) is 19.2 Å². The van der Waals surface area contributed by atoms with Crippen LogP contribution in [0.5, 0.6) is 0 Å². The van der Waals surface area contributed by atoms with Crippen molar-refractivity contribution in [2.24, 2.45) is 0 Å². The third-order valence-corrected chi connectivity index (χ3v) is 3.91. The molecule has 0 fully saturated rings. The van der Waals surface area contributed by atoms with Gasteiger partial charge in [-0.15, -0.1) is 0 Å². The monoisotopic (exact) mass is 355 g/mol. The standard InChI is InChI=1S/C17H13N3O6/c1-26-17(23)10-2-4-11(5-3-10)18-9-19-15(21)13-7-6-12(20(24)25)8-14(13)16(19)22/h2-8,18H,9H2,1H3. The number of fused-ring (bicyclic) bond motifs is 1. The molecule has 0 saturated heterocycles. The molecule has 9 nitrogen and oxygen atoms in total. The molecule has 0 atom stereocenters. The average Bonchev–Trinajstić information content (AvgIpc) is 2.90. The highest BCUT2D eigenvalue weighted by Crippen LogP contribution is 2.26. The number of nitro benzene ring substituents is 1. The molecule has 0 unspecified atom stereocenters. The summed E-state index contributed by atoms with van der Waals surface area (Å²) in [5.74, 6) is -1.61. The molecule has 1 N–H and O–H groups in total. The Morgan fingerprint density at radius 3 is 2.38 bits per heavy atom. The number of hydrogen-bond acceptors (Lipinski definition) is 7. The molecule has 9 heteroatoms. The molecular formula is C17H13N3O6. The second-order valence-electron chi connectivity index (χ2n) is 5.43. The van der Waals surface area contributed by atoms with Gasteiger partial charge in [0.2, 0.25) is 0 Å². The van der Waals surface area contributed by atoms with Crippen LogP contribution in [0.1, 0.15) is 31.1 Å². The van der Waals surface area contributed by atoms with Gasteiger partial charge in [-0.2, -0.15) is 0 Å². The van der Waals surface area contributed by atoms with E-state index in [2.05, 4.69) is 10.1 Å². The minimum atomic E-state index is -0.623. The van der Waals surface area contributed by atoms with Crippen LogP contribution in [-0.2, 0) is 4.74 Å². The zero-order chi connectivity index (χ0) is 18.8. The predicted molar refractivity (Wildman–Crippen MR) is 89.9 cm³/mol. The number of non-ortho nitro benzene ring substituents is 1. The molecule has 1 aliphatic rings. The van der Waals surface area contributed by atoms with Crippen LogP contribution in [0.4, 0.5) is 11.4 Å². The first-order valence-electron chi connectivity index (χ1n) is 7.49. The van der Waals surface area contributed by atoms with Gasteiger partial charge in [0.1, 0.15) is 0 Å². The van der Waals surface area contributed by atoms with E-state index in [-0.39, 0.29) is 23.5 Å². The van der Waals surface area contributed by atoms with Crippen molar-refractivity contribution < 1.29 is 24.0 Å². The van der Waals surface area contributed by atoms with E-state index < -0.39 is 22.7 Å². The van der Waals surface area contributed by atoms with Crippen LogP contribution in [0.25, 0.3) is 0 Å². The molecule has 0 aromatic heterocycles. The molecule has 0 saturated carbocycles. The number of nitro groups is 1. The van der Waals surface area contributed by atoms with Crippen molar-refractivity contribution >= 4 is 29.2 Å². The summed E-state index contributed by atoms with van der Waals surface area (Å²) < 4.78 is 4.60. The Bertz CT molecular complexity index is 923. The Morgan fingerprint density at radius 2 is 1.77 bits per heavy atom. The summed E-state index contributed by atoms with van der Waals surface area (Å²) in [4.78, 5) is 47.3. The first-order chi connectivity index (χ1) is 12.4. The summed E-state index contributed by atoms with van der Waals surface area (Å²) in [5, 5.41) is 13.7. The summed E-state index contributed by atoms with van der Waals surface area (Å²) in [5.41, 5.74) is 0.833. The van der Waals surface area contributed by atoms with Crippen molar-refractivity contribution in [1.82, 2.24) is 4.90 Å². The minimum Gasteiger partial charge on any atom is -0.465 e. The second-order valence-corrected chi connectivity index (χ2v) is 5.43. The fourth-order valence-electron chi connectivity index (χ4n) is 2.55. The molecule has 2 aromatic rings. The highest BCUT2D eigenvalue weighted by molar-refractivity contribution is 6.21. The third kappa shape index (κ3) is 2.97. The number of esters is 1. The number of nitrogens with one attached hydrogen (secondary N) is 1. The number of anilines is 1. The molecule has 26 heavy (non-hydrogen) atoms. The summed E-state index contributed by atoms with van der Waals surface area (Å²) in [6.45, 7) is -0.113. The van der Waals surface area contributed by atoms with E-state index in [1.54, 1.807) is 24.3 Å². The molecule has 1 heterocycles. The van der Waals surface area contributed by atoms with Crippen molar-refractivity contribution in [2.45, 2.75) is 0 Å². The lowest BCUT2D eigenvalue weighted by Crippen LogP contribution is -2.34. The average molecular weight is 355 g/mol. The van der Waals surface area contributed by atoms with E-state index in [4.69, 9.17) is 0 Å². The zero-order valence-electron chi connectivity index (χ0n) is 13.6. The van der Waals surface area contributed by atoms with Gasteiger partial charge in [0, 0.05) is 17.8 Å². The van der Waals surface area contributed by atoms with Crippen molar-refractivity contribution in [3.05, 3.63) is 69.3 Å². The maximum Gasteiger partial charge on any atom is 0.337 e. The first-order valence-corrected chi connectivity index (χ1v) is 7.49. The normalized spacial score (nSPS) is 12.7. The maximum absolute atomic E-state index is 12.4. The number of amides is 2. The minimum absolute atomic E-state index is 0.00652. The lowest BCUT2D eigenvalue weighted by atomic mass is 10.1. The molecule has 0 aliphatic carbocycles. The molecular weight excluding hydrogens is 342 g/mol. The van der Waals surface area contributed by atoms with Gasteiger partial charge < -0.3 is 10.1 Å². The van der Waals surface area contributed by atoms with Crippen molar-refractivity contribution in [2.75, 3.05) is 19.1 Å². The third-order valence-electron chi connectivity index (χ3n) is 3.91. The lowest BCUT2D eigenvalue weighted by Gasteiger charge is -2.15. The SMILES string of the molecule is COC(=O)c1ccc(NCN2C(=O)c3ccc([N+](=O)[O-])cc3C2=O)cc1. The summed E-state index contributed by atoms with van der Waals surface area (Å²) in [6.07, 6.45) is 0. The van der Waals surface area contributed by atoms with E-state index >= 15 is 0 Å². The maximum atomic E-state index is 12.4. The van der Waals surface area contributed by atoms with Gasteiger partial charge in [-0.1, -0.05) is 0 Å². The largest absolute Gasteiger partial charge is 0.465 e. The Morgan fingerprint density at radius 1 is 1.12 bits per heavy atom. The molecule has 0 radical (unpaired) electrons. The van der Waals surface area contributed by atoms with E-state index in [9.17, 15) is 24.5 Å².